The minimum Gasteiger partial charge on any atom is -0.320 e. The first-order valence-corrected chi connectivity index (χ1v) is 8.74. The van der Waals surface area contributed by atoms with Crippen LogP contribution in [0.5, 0.6) is 0 Å². The van der Waals surface area contributed by atoms with Crippen molar-refractivity contribution in [3.05, 3.63) is 29.8 Å². The highest BCUT2D eigenvalue weighted by Gasteiger charge is 2.30. The average Bonchev–Trinajstić information content (AvgIpc) is 2.51. The zero-order chi connectivity index (χ0) is 15.9. The standard InChI is InChI=1S/C16H24N2O2S/c1-4-16(5-2,6-3)18-21(19,20)15-11-9-14(10-12-15)8-7-13-17/h9-12,18H,4-6,13,17H2,1-3H3. The van der Waals surface area contributed by atoms with Crippen molar-refractivity contribution >= 4 is 10.0 Å². The molecule has 0 spiro atoms. The molecule has 4 nitrogen and oxygen atoms in total. The van der Waals surface area contributed by atoms with Crippen LogP contribution in [0.3, 0.4) is 0 Å². The highest BCUT2D eigenvalue weighted by atomic mass is 32.2. The molecule has 3 N–H and O–H groups in total. The van der Waals surface area contributed by atoms with E-state index in [2.05, 4.69) is 16.6 Å². The van der Waals surface area contributed by atoms with Crippen LogP contribution in [0.2, 0.25) is 0 Å². The molecule has 0 radical (unpaired) electrons. The largest absolute Gasteiger partial charge is 0.320 e. The molecule has 21 heavy (non-hydrogen) atoms. The molecule has 0 aliphatic rings. The molecule has 0 atom stereocenters. The van der Waals surface area contributed by atoms with Crippen LogP contribution in [0.15, 0.2) is 29.2 Å². The van der Waals surface area contributed by atoms with Crippen molar-refractivity contribution in [2.24, 2.45) is 5.73 Å². The number of nitrogens with two attached hydrogens (primary N) is 1. The van der Waals surface area contributed by atoms with E-state index in [4.69, 9.17) is 5.73 Å². The van der Waals surface area contributed by atoms with E-state index in [1.165, 1.54) is 0 Å². The van der Waals surface area contributed by atoms with Gasteiger partial charge in [0.15, 0.2) is 0 Å². The Morgan fingerprint density at radius 1 is 1.10 bits per heavy atom. The second-order valence-corrected chi connectivity index (χ2v) is 6.66. The van der Waals surface area contributed by atoms with E-state index in [1.54, 1.807) is 24.3 Å². The summed E-state index contributed by atoms with van der Waals surface area (Å²) in [6, 6.07) is 6.55. The van der Waals surface area contributed by atoms with Crippen LogP contribution in [0.4, 0.5) is 0 Å². The Kier molecular flexibility index (Phi) is 6.41. The van der Waals surface area contributed by atoms with E-state index in [1.807, 2.05) is 20.8 Å². The van der Waals surface area contributed by atoms with E-state index in [0.717, 1.165) is 24.8 Å². The fourth-order valence-electron chi connectivity index (χ4n) is 2.18. The molecule has 0 fully saturated rings. The fourth-order valence-corrected chi connectivity index (χ4v) is 3.80. The summed E-state index contributed by atoms with van der Waals surface area (Å²) in [7, 11) is -3.51. The summed E-state index contributed by atoms with van der Waals surface area (Å²) in [5, 5.41) is 0. The van der Waals surface area contributed by atoms with Gasteiger partial charge < -0.3 is 5.73 Å². The molecule has 0 saturated carbocycles. The quantitative estimate of drug-likeness (QED) is 0.792. The van der Waals surface area contributed by atoms with Gasteiger partial charge in [0.2, 0.25) is 10.0 Å². The van der Waals surface area contributed by atoms with Crippen molar-refractivity contribution in [2.45, 2.75) is 50.5 Å². The van der Waals surface area contributed by atoms with Gasteiger partial charge in [0.05, 0.1) is 11.4 Å². The molecule has 1 aromatic carbocycles. The summed E-state index contributed by atoms with van der Waals surface area (Å²) < 4.78 is 27.8. The van der Waals surface area contributed by atoms with Gasteiger partial charge in [-0.25, -0.2) is 13.1 Å². The van der Waals surface area contributed by atoms with Crippen molar-refractivity contribution in [1.29, 1.82) is 0 Å². The molecule has 0 unspecified atom stereocenters. The predicted octanol–water partition coefficient (Wildman–Crippen LogP) is 2.24. The van der Waals surface area contributed by atoms with Gasteiger partial charge in [-0.2, -0.15) is 0 Å². The molecule has 0 amide bonds. The number of hydrogen-bond acceptors (Lipinski definition) is 3. The molecule has 1 aromatic rings. The number of benzene rings is 1. The van der Waals surface area contributed by atoms with E-state index in [0.29, 0.717) is 0 Å². The van der Waals surface area contributed by atoms with Crippen LogP contribution in [0.1, 0.15) is 45.6 Å². The van der Waals surface area contributed by atoms with Crippen LogP contribution in [-0.2, 0) is 10.0 Å². The maximum absolute atomic E-state index is 12.5. The molecule has 0 aliphatic heterocycles. The maximum atomic E-state index is 12.5. The van der Waals surface area contributed by atoms with Crippen molar-refractivity contribution in [2.75, 3.05) is 6.54 Å². The van der Waals surface area contributed by atoms with Gasteiger partial charge in [-0.1, -0.05) is 32.6 Å². The Morgan fingerprint density at radius 2 is 1.62 bits per heavy atom. The van der Waals surface area contributed by atoms with Gasteiger partial charge in [-0.3, -0.25) is 0 Å². The summed E-state index contributed by atoms with van der Waals surface area (Å²) >= 11 is 0. The number of sulfonamides is 1. The van der Waals surface area contributed by atoms with Gasteiger partial charge in [-0.05, 0) is 43.5 Å². The van der Waals surface area contributed by atoms with Crippen LogP contribution in [0, 0.1) is 11.8 Å². The minimum absolute atomic E-state index is 0.264. The highest BCUT2D eigenvalue weighted by molar-refractivity contribution is 7.89. The molecule has 0 bridgehead atoms. The van der Waals surface area contributed by atoms with Crippen LogP contribution in [-0.4, -0.2) is 20.5 Å². The van der Waals surface area contributed by atoms with Crippen LogP contribution >= 0.6 is 0 Å². The first-order valence-electron chi connectivity index (χ1n) is 7.26. The number of hydrogen-bond donors (Lipinski definition) is 2. The normalized spacial score (nSPS) is 11.8. The molecule has 5 heteroatoms. The molecule has 1 rings (SSSR count). The lowest BCUT2D eigenvalue weighted by Crippen LogP contribution is -2.46. The van der Waals surface area contributed by atoms with Crippen molar-refractivity contribution < 1.29 is 8.42 Å². The van der Waals surface area contributed by atoms with E-state index in [9.17, 15) is 8.42 Å². The summed E-state index contributed by atoms with van der Waals surface area (Å²) in [4.78, 5) is 0.264. The lowest BCUT2D eigenvalue weighted by molar-refractivity contribution is 0.341. The van der Waals surface area contributed by atoms with Crippen molar-refractivity contribution in [3.63, 3.8) is 0 Å². The Hall–Kier alpha value is -1.35. The smallest absolute Gasteiger partial charge is 0.241 e. The van der Waals surface area contributed by atoms with E-state index < -0.39 is 10.0 Å². The predicted molar refractivity (Wildman–Crippen MR) is 86.3 cm³/mol. The van der Waals surface area contributed by atoms with Gasteiger partial charge in [0.25, 0.3) is 0 Å². The summed E-state index contributed by atoms with van der Waals surface area (Å²) in [6.45, 7) is 6.29. The number of rotatable bonds is 6. The number of nitrogens with one attached hydrogen (secondary N) is 1. The van der Waals surface area contributed by atoms with Gasteiger partial charge in [0.1, 0.15) is 0 Å². The summed E-state index contributed by atoms with van der Waals surface area (Å²) in [5.41, 5.74) is 5.69. The molecule has 0 aromatic heterocycles. The second-order valence-electron chi connectivity index (χ2n) is 4.98. The van der Waals surface area contributed by atoms with E-state index >= 15 is 0 Å². The summed E-state index contributed by atoms with van der Waals surface area (Å²) in [6.07, 6.45) is 2.29. The van der Waals surface area contributed by atoms with E-state index in [-0.39, 0.29) is 17.0 Å². The first-order chi connectivity index (χ1) is 9.93. The molecule has 0 heterocycles. The van der Waals surface area contributed by atoms with Crippen LogP contribution < -0.4 is 10.5 Å². The Labute approximate surface area is 128 Å². The first kappa shape index (κ1) is 17.7. The monoisotopic (exact) mass is 308 g/mol. The van der Waals surface area contributed by atoms with Crippen LogP contribution in [0.25, 0.3) is 0 Å². The molecule has 0 aliphatic carbocycles. The Balaban J connectivity index is 3.03. The third kappa shape index (κ3) is 4.57. The maximum Gasteiger partial charge on any atom is 0.241 e. The third-order valence-corrected chi connectivity index (χ3v) is 5.48. The van der Waals surface area contributed by atoms with Gasteiger partial charge in [-0.15, -0.1) is 0 Å². The second kappa shape index (κ2) is 7.60. The fraction of sp³-hybridized carbons (Fsp3) is 0.500. The van der Waals surface area contributed by atoms with Gasteiger partial charge >= 0.3 is 0 Å². The topological polar surface area (TPSA) is 72.2 Å². The highest BCUT2D eigenvalue weighted by Crippen LogP contribution is 2.23. The lowest BCUT2D eigenvalue weighted by Gasteiger charge is -2.31. The van der Waals surface area contributed by atoms with Crippen molar-refractivity contribution in [1.82, 2.24) is 4.72 Å². The molecular formula is C16H24N2O2S. The zero-order valence-electron chi connectivity index (χ0n) is 12.9. The third-order valence-electron chi connectivity index (χ3n) is 3.88. The zero-order valence-corrected chi connectivity index (χ0v) is 13.8. The lowest BCUT2D eigenvalue weighted by atomic mass is 9.91. The molecule has 0 saturated heterocycles. The molecule has 116 valence electrons. The average molecular weight is 308 g/mol. The summed E-state index contributed by atoms with van der Waals surface area (Å²) in [5.74, 6) is 5.62. The Bertz CT molecular complexity index is 598. The van der Waals surface area contributed by atoms with Gasteiger partial charge in [0, 0.05) is 11.1 Å². The van der Waals surface area contributed by atoms with Crippen molar-refractivity contribution in [3.8, 4) is 11.8 Å². The minimum atomic E-state index is -3.51. The molecular weight excluding hydrogens is 284 g/mol. The Morgan fingerprint density at radius 3 is 2.05 bits per heavy atom. The SMILES string of the molecule is CCC(CC)(CC)NS(=O)(=O)c1ccc(C#CCN)cc1.